The monoisotopic (exact) mass is 241 g/mol. The molecule has 1 aromatic heterocycles. The summed E-state index contributed by atoms with van der Waals surface area (Å²) in [5.41, 5.74) is 1.27. The van der Waals surface area contributed by atoms with Gasteiger partial charge < -0.3 is 14.7 Å². The molecular formula is C10H11NO4S. The highest BCUT2D eigenvalue weighted by molar-refractivity contribution is 7.10. The molecule has 0 saturated carbocycles. The fourth-order valence-corrected chi connectivity index (χ4v) is 2.56. The fourth-order valence-electron chi connectivity index (χ4n) is 1.61. The van der Waals surface area contributed by atoms with E-state index in [1.165, 1.54) is 10.5 Å². The minimum absolute atomic E-state index is 0.519. The van der Waals surface area contributed by atoms with Crippen LogP contribution in [0.25, 0.3) is 0 Å². The summed E-state index contributed by atoms with van der Waals surface area (Å²) < 4.78 is 4.63. The molecule has 2 heterocycles. The van der Waals surface area contributed by atoms with Crippen molar-refractivity contribution in [1.82, 2.24) is 4.90 Å². The maximum atomic E-state index is 11.5. The molecule has 0 fully saturated rings. The number of nitrogens with zero attached hydrogens (tertiary/aromatic N) is 1. The van der Waals surface area contributed by atoms with Gasteiger partial charge in [0.25, 0.3) is 0 Å². The van der Waals surface area contributed by atoms with E-state index in [2.05, 4.69) is 10.8 Å². The van der Waals surface area contributed by atoms with E-state index in [0.717, 1.165) is 11.3 Å². The Morgan fingerprint density at radius 3 is 3.12 bits per heavy atom. The van der Waals surface area contributed by atoms with Crippen molar-refractivity contribution >= 4 is 23.4 Å². The second kappa shape index (κ2) is 4.52. The van der Waals surface area contributed by atoms with Crippen molar-refractivity contribution in [1.29, 1.82) is 0 Å². The highest BCUT2D eigenvalue weighted by Gasteiger charge is 2.22. The highest BCUT2D eigenvalue weighted by Crippen LogP contribution is 2.24. The molecule has 2 rings (SSSR count). The second-order valence-electron chi connectivity index (χ2n) is 3.49. The van der Waals surface area contributed by atoms with E-state index in [1.807, 2.05) is 5.38 Å². The number of aliphatic carboxylic acids is 1. The molecule has 0 aliphatic carbocycles. The number of carboxylic acids is 1. The van der Waals surface area contributed by atoms with Gasteiger partial charge in [0, 0.05) is 11.4 Å². The van der Waals surface area contributed by atoms with Crippen LogP contribution in [-0.2, 0) is 22.5 Å². The lowest BCUT2D eigenvalue weighted by atomic mass is 10.1. The number of hydrogen-bond acceptors (Lipinski definition) is 4. The van der Waals surface area contributed by atoms with Crippen LogP contribution in [0.5, 0.6) is 0 Å². The summed E-state index contributed by atoms with van der Waals surface area (Å²) in [6, 6.07) is 2.06. The first-order valence-corrected chi connectivity index (χ1v) is 5.73. The van der Waals surface area contributed by atoms with Crippen LogP contribution in [-0.4, -0.2) is 35.2 Å². The Morgan fingerprint density at radius 1 is 1.56 bits per heavy atom. The summed E-state index contributed by atoms with van der Waals surface area (Å²) in [6.07, 6.45) is 0.252. The van der Waals surface area contributed by atoms with Gasteiger partial charge in [0.2, 0.25) is 0 Å². The smallest absolute Gasteiger partial charge is 0.410 e. The van der Waals surface area contributed by atoms with Crippen molar-refractivity contribution in [3.63, 3.8) is 0 Å². The highest BCUT2D eigenvalue weighted by atomic mass is 32.1. The van der Waals surface area contributed by atoms with Gasteiger partial charge in [0.1, 0.15) is 0 Å². The SMILES string of the molecule is O=C(O)COC(=O)N1CCc2ccsc2C1. The Morgan fingerprint density at radius 2 is 2.38 bits per heavy atom. The number of carbonyl (C=O) groups excluding carboxylic acids is 1. The normalized spacial score (nSPS) is 14.4. The summed E-state index contributed by atoms with van der Waals surface area (Å²) in [5.74, 6) is -1.14. The lowest BCUT2D eigenvalue weighted by Crippen LogP contribution is -2.36. The average Bonchev–Trinajstić information content (AvgIpc) is 2.72. The zero-order valence-corrected chi connectivity index (χ0v) is 9.33. The van der Waals surface area contributed by atoms with Gasteiger partial charge in [0.05, 0.1) is 6.54 Å². The Kier molecular flexibility index (Phi) is 3.09. The predicted octanol–water partition coefficient (Wildman–Crippen LogP) is 1.33. The van der Waals surface area contributed by atoms with Crippen LogP contribution >= 0.6 is 11.3 Å². The van der Waals surface area contributed by atoms with Gasteiger partial charge >= 0.3 is 12.1 Å². The van der Waals surface area contributed by atoms with E-state index in [-0.39, 0.29) is 0 Å². The number of ether oxygens (including phenoxy) is 1. The third-order valence-electron chi connectivity index (χ3n) is 2.40. The number of carbonyl (C=O) groups is 2. The molecule has 0 bridgehead atoms. The molecule has 1 amide bonds. The van der Waals surface area contributed by atoms with Crippen molar-refractivity contribution in [2.75, 3.05) is 13.2 Å². The van der Waals surface area contributed by atoms with Crippen LogP contribution in [0, 0.1) is 0 Å². The third-order valence-corrected chi connectivity index (χ3v) is 3.35. The topological polar surface area (TPSA) is 66.8 Å². The molecule has 16 heavy (non-hydrogen) atoms. The predicted molar refractivity (Wildman–Crippen MR) is 57.4 cm³/mol. The lowest BCUT2D eigenvalue weighted by molar-refractivity contribution is -0.140. The molecule has 1 aliphatic heterocycles. The van der Waals surface area contributed by atoms with Crippen LogP contribution in [0.15, 0.2) is 11.4 Å². The molecule has 0 atom stereocenters. The van der Waals surface area contributed by atoms with Gasteiger partial charge in [-0.05, 0) is 23.4 Å². The molecule has 1 N–H and O–H groups in total. The van der Waals surface area contributed by atoms with Gasteiger partial charge in [-0.15, -0.1) is 11.3 Å². The first-order chi connectivity index (χ1) is 7.66. The Balaban J connectivity index is 1.93. The van der Waals surface area contributed by atoms with Crippen molar-refractivity contribution in [2.45, 2.75) is 13.0 Å². The van der Waals surface area contributed by atoms with Crippen molar-refractivity contribution in [3.05, 3.63) is 21.9 Å². The van der Waals surface area contributed by atoms with Crippen LogP contribution in [0.1, 0.15) is 10.4 Å². The van der Waals surface area contributed by atoms with E-state index in [4.69, 9.17) is 5.11 Å². The first-order valence-electron chi connectivity index (χ1n) is 4.85. The van der Waals surface area contributed by atoms with E-state index in [0.29, 0.717) is 13.1 Å². The fraction of sp³-hybridized carbons (Fsp3) is 0.400. The van der Waals surface area contributed by atoms with Gasteiger partial charge in [-0.2, -0.15) is 0 Å². The maximum absolute atomic E-state index is 11.5. The van der Waals surface area contributed by atoms with Crippen LogP contribution < -0.4 is 0 Å². The van der Waals surface area contributed by atoms with Gasteiger partial charge in [-0.1, -0.05) is 0 Å². The Bertz CT molecular complexity index is 415. The molecule has 0 radical (unpaired) electrons. The second-order valence-corrected chi connectivity index (χ2v) is 4.49. The Labute approximate surface area is 96.2 Å². The molecule has 0 saturated heterocycles. The van der Waals surface area contributed by atoms with E-state index >= 15 is 0 Å². The molecule has 0 unspecified atom stereocenters. The standard InChI is InChI=1S/C10H11NO4S/c12-9(13)6-15-10(14)11-3-1-7-2-4-16-8(7)5-11/h2,4H,1,3,5-6H2,(H,12,13). The van der Waals surface area contributed by atoms with Gasteiger partial charge in [-0.25, -0.2) is 9.59 Å². The largest absolute Gasteiger partial charge is 0.479 e. The quantitative estimate of drug-likeness (QED) is 0.848. The number of amides is 1. The minimum atomic E-state index is -1.14. The number of fused-ring (bicyclic) bond motifs is 1. The summed E-state index contributed by atoms with van der Waals surface area (Å²) in [4.78, 5) is 24.4. The lowest BCUT2D eigenvalue weighted by Gasteiger charge is -2.25. The molecule has 1 aliphatic rings. The van der Waals surface area contributed by atoms with Gasteiger partial charge in [0.15, 0.2) is 6.61 Å². The number of thiophene rings is 1. The van der Waals surface area contributed by atoms with Crippen LogP contribution in [0.2, 0.25) is 0 Å². The maximum Gasteiger partial charge on any atom is 0.410 e. The van der Waals surface area contributed by atoms with E-state index in [9.17, 15) is 9.59 Å². The molecular weight excluding hydrogens is 230 g/mol. The molecule has 6 heteroatoms. The average molecular weight is 241 g/mol. The van der Waals surface area contributed by atoms with Crippen molar-refractivity contribution in [2.24, 2.45) is 0 Å². The summed E-state index contributed by atoms with van der Waals surface area (Å²) in [7, 11) is 0. The molecule has 0 spiro atoms. The number of hydrogen-bond donors (Lipinski definition) is 1. The summed E-state index contributed by atoms with van der Waals surface area (Å²) >= 11 is 1.61. The summed E-state index contributed by atoms with van der Waals surface area (Å²) in [5, 5.41) is 10.4. The molecule has 0 aromatic carbocycles. The van der Waals surface area contributed by atoms with Crippen LogP contribution in [0.3, 0.4) is 0 Å². The first kappa shape index (κ1) is 10.9. The number of carboxylic acid groups (broad SMARTS) is 1. The van der Waals surface area contributed by atoms with Crippen molar-refractivity contribution in [3.8, 4) is 0 Å². The van der Waals surface area contributed by atoms with Gasteiger partial charge in [-0.3, -0.25) is 0 Å². The third kappa shape index (κ3) is 2.33. The van der Waals surface area contributed by atoms with E-state index in [1.54, 1.807) is 11.3 Å². The van der Waals surface area contributed by atoms with Crippen molar-refractivity contribution < 1.29 is 19.4 Å². The Hall–Kier alpha value is -1.56. The molecule has 86 valence electrons. The van der Waals surface area contributed by atoms with E-state index < -0.39 is 18.7 Å². The number of rotatable bonds is 2. The zero-order chi connectivity index (χ0) is 11.5. The molecule has 1 aromatic rings. The minimum Gasteiger partial charge on any atom is -0.479 e. The van der Waals surface area contributed by atoms with Crippen LogP contribution in [0.4, 0.5) is 4.79 Å². The zero-order valence-electron chi connectivity index (χ0n) is 8.51. The molecule has 5 nitrogen and oxygen atoms in total. The summed E-state index contributed by atoms with van der Waals surface area (Å²) in [6.45, 7) is 0.528.